The molecule has 7 heteroatoms. The van der Waals surface area contributed by atoms with Crippen LogP contribution in [-0.4, -0.2) is 36.9 Å². The summed E-state index contributed by atoms with van der Waals surface area (Å²) in [6.45, 7) is 4.66. The summed E-state index contributed by atoms with van der Waals surface area (Å²) >= 11 is 0. The number of methoxy groups -OCH3 is 2. The number of carbonyl (C=O) groups is 1. The largest absolute Gasteiger partial charge is 0.497 e. The van der Waals surface area contributed by atoms with Crippen LogP contribution in [0.15, 0.2) is 22.7 Å². The van der Waals surface area contributed by atoms with Crippen molar-refractivity contribution in [1.82, 2.24) is 10.1 Å². The number of nitrogens with zero attached hydrogens (tertiary/aromatic N) is 2. The Hall–Kier alpha value is -2.70. The minimum Gasteiger partial charge on any atom is -0.497 e. The van der Waals surface area contributed by atoms with Crippen LogP contribution in [-0.2, 0) is 6.42 Å². The van der Waals surface area contributed by atoms with Crippen molar-refractivity contribution in [2.75, 3.05) is 26.1 Å². The predicted molar refractivity (Wildman–Crippen MR) is 97.9 cm³/mol. The van der Waals surface area contributed by atoms with Crippen molar-refractivity contribution in [3.8, 4) is 11.5 Å². The molecule has 0 saturated carbocycles. The van der Waals surface area contributed by atoms with Crippen LogP contribution in [0.1, 0.15) is 42.8 Å². The molecule has 26 heavy (non-hydrogen) atoms. The maximum absolute atomic E-state index is 12.9. The van der Waals surface area contributed by atoms with Gasteiger partial charge in [0.15, 0.2) is 0 Å². The number of urea groups is 1. The first kappa shape index (κ1) is 18.1. The molecule has 7 nitrogen and oxygen atoms in total. The highest BCUT2D eigenvalue weighted by molar-refractivity contribution is 5.91. The van der Waals surface area contributed by atoms with Gasteiger partial charge in [-0.15, -0.1) is 0 Å². The molecule has 0 radical (unpaired) electrons. The Labute approximate surface area is 153 Å². The zero-order valence-electron chi connectivity index (χ0n) is 15.7. The summed E-state index contributed by atoms with van der Waals surface area (Å²) in [5.74, 6) is 2.09. The Morgan fingerprint density at radius 2 is 2.19 bits per heavy atom. The first-order valence-electron chi connectivity index (χ1n) is 8.83. The van der Waals surface area contributed by atoms with Crippen LogP contribution in [0.2, 0.25) is 0 Å². The number of hydrogen-bond acceptors (Lipinski definition) is 5. The number of aromatic nitrogens is 1. The zero-order valence-corrected chi connectivity index (χ0v) is 15.7. The summed E-state index contributed by atoms with van der Waals surface area (Å²) in [5.41, 5.74) is 2.51. The van der Waals surface area contributed by atoms with Gasteiger partial charge in [0.1, 0.15) is 17.3 Å². The summed E-state index contributed by atoms with van der Waals surface area (Å²) in [6, 6.07) is 5.15. The van der Waals surface area contributed by atoms with E-state index >= 15 is 0 Å². The molecule has 1 saturated heterocycles. The van der Waals surface area contributed by atoms with Gasteiger partial charge in [-0.25, -0.2) is 4.79 Å². The molecule has 0 unspecified atom stereocenters. The number of benzene rings is 1. The van der Waals surface area contributed by atoms with Gasteiger partial charge in [0.25, 0.3) is 0 Å². The summed E-state index contributed by atoms with van der Waals surface area (Å²) in [5, 5.41) is 7.05. The molecule has 1 aromatic carbocycles. The number of anilines is 1. The molecule has 2 amide bonds. The molecule has 1 fully saturated rings. The Bertz CT molecular complexity index is 787. The number of hydrogen-bond donors (Lipinski definition) is 1. The number of aryl methyl sites for hydroxylation is 2. The number of amides is 2. The van der Waals surface area contributed by atoms with Gasteiger partial charge in [-0.05, 0) is 31.9 Å². The zero-order chi connectivity index (χ0) is 18.7. The van der Waals surface area contributed by atoms with Crippen molar-refractivity contribution in [3.63, 3.8) is 0 Å². The van der Waals surface area contributed by atoms with E-state index in [1.54, 1.807) is 32.4 Å². The van der Waals surface area contributed by atoms with E-state index < -0.39 is 0 Å². The first-order chi connectivity index (χ1) is 12.6. The third kappa shape index (κ3) is 3.34. The smallest absolute Gasteiger partial charge is 0.322 e. The normalized spacial score (nSPS) is 16.6. The number of carbonyl (C=O) groups excluding carboxylic acids is 1. The summed E-state index contributed by atoms with van der Waals surface area (Å²) in [7, 11) is 3.16. The second-order valence-corrected chi connectivity index (χ2v) is 6.31. The summed E-state index contributed by atoms with van der Waals surface area (Å²) in [6.07, 6.45) is 2.61. The molecule has 2 heterocycles. The van der Waals surface area contributed by atoms with Gasteiger partial charge in [-0.3, -0.25) is 0 Å². The molecule has 0 spiro atoms. The molecule has 3 rings (SSSR count). The first-order valence-corrected chi connectivity index (χ1v) is 8.83. The van der Waals surface area contributed by atoms with Crippen LogP contribution in [0.5, 0.6) is 11.5 Å². The molecule has 140 valence electrons. The molecule has 0 bridgehead atoms. The average molecular weight is 359 g/mol. The van der Waals surface area contributed by atoms with Crippen molar-refractivity contribution in [2.45, 2.75) is 39.2 Å². The monoisotopic (exact) mass is 359 g/mol. The average Bonchev–Trinajstić information content (AvgIpc) is 3.27. The van der Waals surface area contributed by atoms with E-state index in [2.05, 4.69) is 10.5 Å². The number of likely N-dealkylation sites (tertiary alicyclic amines) is 1. The second kappa shape index (κ2) is 7.68. The quantitative estimate of drug-likeness (QED) is 0.875. The minimum atomic E-state index is -0.154. The van der Waals surface area contributed by atoms with E-state index in [4.69, 9.17) is 14.0 Å². The van der Waals surface area contributed by atoms with E-state index in [0.717, 1.165) is 36.3 Å². The van der Waals surface area contributed by atoms with E-state index in [-0.39, 0.29) is 12.1 Å². The van der Waals surface area contributed by atoms with Crippen molar-refractivity contribution < 1.29 is 18.8 Å². The topological polar surface area (TPSA) is 76.8 Å². The Kier molecular flexibility index (Phi) is 5.35. The van der Waals surface area contributed by atoms with Gasteiger partial charge in [0.05, 0.1) is 31.6 Å². The molecule has 1 atom stereocenters. The lowest BCUT2D eigenvalue weighted by molar-refractivity contribution is 0.206. The van der Waals surface area contributed by atoms with Crippen LogP contribution in [0.25, 0.3) is 0 Å². The van der Waals surface area contributed by atoms with Crippen molar-refractivity contribution >= 4 is 11.7 Å². The van der Waals surface area contributed by atoms with E-state index in [1.807, 2.05) is 18.7 Å². The summed E-state index contributed by atoms with van der Waals surface area (Å²) < 4.78 is 16.0. The molecular formula is C19H25N3O4. The standard InChI is InChI=1S/C19H25N3O4/c1-5-16-18(12(2)21-26-16)15-7-6-10-22(15)19(23)20-14-9-8-13(24-3)11-17(14)25-4/h8-9,11,15H,5-7,10H2,1-4H3,(H,20,23)/t15-/m0/s1. The van der Waals surface area contributed by atoms with Crippen molar-refractivity contribution in [3.05, 3.63) is 35.2 Å². The molecule has 1 aliphatic heterocycles. The van der Waals surface area contributed by atoms with E-state index in [9.17, 15) is 4.79 Å². The fraction of sp³-hybridized carbons (Fsp3) is 0.474. The third-order valence-corrected chi connectivity index (χ3v) is 4.80. The highest BCUT2D eigenvalue weighted by Gasteiger charge is 2.34. The van der Waals surface area contributed by atoms with Crippen LogP contribution in [0.3, 0.4) is 0 Å². The number of nitrogens with one attached hydrogen (secondary N) is 1. The highest BCUT2D eigenvalue weighted by atomic mass is 16.5. The SMILES string of the molecule is CCc1onc(C)c1[C@@H]1CCCN1C(=O)Nc1ccc(OC)cc1OC. The lowest BCUT2D eigenvalue weighted by Gasteiger charge is -2.25. The Morgan fingerprint density at radius 3 is 2.88 bits per heavy atom. The molecule has 0 aliphatic carbocycles. The van der Waals surface area contributed by atoms with Gasteiger partial charge in [0, 0.05) is 24.6 Å². The van der Waals surface area contributed by atoms with Gasteiger partial charge >= 0.3 is 6.03 Å². The van der Waals surface area contributed by atoms with Crippen LogP contribution >= 0.6 is 0 Å². The van der Waals surface area contributed by atoms with Gasteiger partial charge in [-0.1, -0.05) is 12.1 Å². The van der Waals surface area contributed by atoms with E-state index in [0.29, 0.717) is 23.7 Å². The van der Waals surface area contributed by atoms with Gasteiger partial charge in [-0.2, -0.15) is 0 Å². The van der Waals surface area contributed by atoms with Crippen molar-refractivity contribution in [1.29, 1.82) is 0 Å². The fourth-order valence-electron chi connectivity index (χ4n) is 3.50. The summed E-state index contributed by atoms with van der Waals surface area (Å²) in [4.78, 5) is 14.8. The van der Waals surface area contributed by atoms with Crippen LogP contribution in [0, 0.1) is 6.92 Å². The third-order valence-electron chi connectivity index (χ3n) is 4.80. The molecular weight excluding hydrogens is 334 g/mol. The lowest BCUT2D eigenvalue weighted by Crippen LogP contribution is -2.35. The second-order valence-electron chi connectivity index (χ2n) is 6.31. The van der Waals surface area contributed by atoms with Gasteiger partial charge < -0.3 is 24.2 Å². The minimum absolute atomic E-state index is 0.0135. The highest BCUT2D eigenvalue weighted by Crippen LogP contribution is 2.37. The lowest BCUT2D eigenvalue weighted by atomic mass is 10.0. The maximum Gasteiger partial charge on any atom is 0.322 e. The molecule has 1 aliphatic rings. The van der Waals surface area contributed by atoms with Gasteiger partial charge in [0.2, 0.25) is 0 Å². The molecule has 2 aromatic rings. The Balaban J connectivity index is 1.82. The van der Waals surface area contributed by atoms with Crippen molar-refractivity contribution in [2.24, 2.45) is 0 Å². The van der Waals surface area contributed by atoms with Crippen LogP contribution in [0.4, 0.5) is 10.5 Å². The predicted octanol–water partition coefficient (Wildman–Crippen LogP) is 3.93. The van der Waals surface area contributed by atoms with Crippen LogP contribution < -0.4 is 14.8 Å². The Morgan fingerprint density at radius 1 is 1.38 bits per heavy atom. The number of ether oxygens (including phenoxy) is 2. The molecule has 1 N–H and O–H groups in total. The number of rotatable bonds is 5. The fourth-order valence-corrected chi connectivity index (χ4v) is 3.50. The van der Waals surface area contributed by atoms with E-state index in [1.165, 1.54) is 0 Å². The molecule has 1 aromatic heterocycles. The maximum atomic E-state index is 12.9.